The molecular weight excluding hydrogens is 566 g/mol. The topological polar surface area (TPSA) is 114 Å². The maximum absolute atomic E-state index is 13.2. The molecule has 1 aliphatic rings. The van der Waals surface area contributed by atoms with Crippen LogP contribution in [0.3, 0.4) is 0 Å². The van der Waals surface area contributed by atoms with E-state index in [9.17, 15) is 18.0 Å². The fourth-order valence-electron chi connectivity index (χ4n) is 4.87. The van der Waals surface area contributed by atoms with Gasteiger partial charge in [0.05, 0.1) is 12.0 Å². The van der Waals surface area contributed by atoms with E-state index in [2.05, 4.69) is 10.0 Å². The van der Waals surface area contributed by atoms with Crippen LogP contribution in [-0.4, -0.2) is 40.5 Å². The quantitative estimate of drug-likeness (QED) is 0.257. The molecule has 0 saturated heterocycles. The number of hydrogen-bond donors (Lipinski definition) is 2. The van der Waals surface area contributed by atoms with Crippen molar-refractivity contribution < 1.29 is 27.5 Å². The summed E-state index contributed by atoms with van der Waals surface area (Å²) in [5.74, 6) is 0.550. The molecule has 0 bridgehead atoms. The molecule has 0 aromatic heterocycles. The smallest absolute Gasteiger partial charge is 0.262 e. The number of nitrogens with zero attached hydrogens (tertiary/aromatic N) is 1. The van der Waals surface area contributed by atoms with Crippen LogP contribution in [-0.2, 0) is 21.2 Å². The molecule has 0 unspecified atom stereocenters. The van der Waals surface area contributed by atoms with Gasteiger partial charge in [0, 0.05) is 29.2 Å². The zero-order valence-electron chi connectivity index (χ0n) is 24.4. The van der Waals surface area contributed by atoms with E-state index in [-0.39, 0.29) is 17.4 Å². The molecule has 0 fully saturated rings. The molecule has 2 N–H and O–H groups in total. The second kappa shape index (κ2) is 12.2. The molecule has 0 spiro atoms. The summed E-state index contributed by atoms with van der Waals surface area (Å²) in [7, 11) is -2.24. The fraction of sp³-hybridized carbons (Fsp3) is 0.212. The number of sulfonamides is 1. The van der Waals surface area contributed by atoms with Gasteiger partial charge in [0.2, 0.25) is 0 Å². The highest BCUT2D eigenvalue weighted by Crippen LogP contribution is 2.32. The number of methoxy groups -OCH3 is 1. The first-order valence-electron chi connectivity index (χ1n) is 13.8. The first kappa shape index (κ1) is 29.7. The first-order chi connectivity index (χ1) is 20.5. The monoisotopic (exact) mass is 599 g/mol. The predicted molar refractivity (Wildman–Crippen MR) is 167 cm³/mol. The van der Waals surface area contributed by atoms with Gasteiger partial charge in [-0.05, 0) is 116 Å². The van der Waals surface area contributed by atoms with Crippen molar-refractivity contribution in [2.75, 3.05) is 35.2 Å². The normalized spacial score (nSPS) is 12.4. The lowest BCUT2D eigenvalue weighted by atomic mass is 10.1. The highest BCUT2D eigenvalue weighted by atomic mass is 32.2. The van der Waals surface area contributed by atoms with Crippen molar-refractivity contribution in [3.8, 4) is 11.5 Å². The summed E-state index contributed by atoms with van der Waals surface area (Å²) in [5.41, 5.74) is 5.97. The lowest BCUT2D eigenvalue weighted by Gasteiger charge is -2.18. The number of amides is 2. The third-order valence-corrected chi connectivity index (χ3v) is 8.80. The maximum Gasteiger partial charge on any atom is 0.262 e. The van der Waals surface area contributed by atoms with Crippen LogP contribution < -0.4 is 24.4 Å². The largest absolute Gasteiger partial charge is 0.497 e. The molecule has 9 nitrogen and oxygen atoms in total. The van der Waals surface area contributed by atoms with Crippen molar-refractivity contribution in [1.82, 2.24) is 0 Å². The summed E-state index contributed by atoms with van der Waals surface area (Å²) in [6.45, 7) is 5.87. The Labute approximate surface area is 251 Å². The minimum Gasteiger partial charge on any atom is -0.497 e. The van der Waals surface area contributed by atoms with E-state index in [1.165, 1.54) is 18.2 Å². The van der Waals surface area contributed by atoms with E-state index in [1.54, 1.807) is 67.5 Å². The second-order valence-electron chi connectivity index (χ2n) is 10.4. The third-order valence-electron chi connectivity index (χ3n) is 7.42. The lowest BCUT2D eigenvalue weighted by molar-refractivity contribution is -0.118. The Morgan fingerprint density at radius 3 is 2.28 bits per heavy atom. The molecule has 222 valence electrons. The highest BCUT2D eigenvalue weighted by molar-refractivity contribution is 7.92. The molecule has 0 aliphatic carbocycles. The van der Waals surface area contributed by atoms with Gasteiger partial charge in [-0.1, -0.05) is 12.1 Å². The van der Waals surface area contributed by atoms with Crippen molar-refractivity contribution >= 4 is 38.9 Å². The number of ether oxygens (including phenoxy) is 2. The molecule has 2 amide bonds. The van der Waals surface area contributed by atoms with Crippen LogP contribution in [0, 0.1) is 20.8 Å². The van der Waals surface area contributed by atoms with Crippen molar-refractivity contribution in [1.29, 1.82) is 0 Å². The standard InChI is InChI=1S/C33H33N3O6S/c1-21-5-9-27(17-22(21)2)35-43(39,40)29-13-14-31(23(3)18-29)42-20-32(37)34-26-10-6-24-15-16-36(30(24)19-26)33(38)25-7-11-28(41-4)12-8-25/h5-14,17-19,35H,15-16,20H2,1-4H3,(H,34,37). The number of hydrogen-bond acceptors (Lipinski definition) is 6. The van der Waals surface area contributed by atoms with Crippen LogP contribution in [0.5, 0.6) is 11.5 Å². The van der Waals surface area contributed by atoms with Crippen molar-refractivity contribution in [3.05, 3.63) is 107 Å². The van der Waals surface area contributed by atoms with Crippen LogP contribution in [0.25, 0.3) is 0 Å². The van der Waals surface area contributed by atoms with Crippen LogP contribution in [0.1, 0.15) is 32.6 Å². The number of anilines is 3. The van der Waals surface area contributed by atoms with Crippen LogP contribution in [0.15, 0.2) is 83.8 Å². The maximum atomic E-state index is 13.2. The van der Waals surface area contributed by atoms with Crippen LogP contribution in [0.4, 0.5) is 17.1 Å². The van der Waals surface area contributed by atoms with E-state index in [0.717, 1.165) is 28.8 Å². The number of carbonyl (C=O) groups is 2. The van der Waals surface area contributed by atoms with E-state index >= 15 is 0 Å². The Bertz CT molecular complexity index is 1800. The highest BCUT2D eigenvalue weighted by Gasteiger charge is 2.26. The number of aryl methyl sites for hydroxylation is 3. The average Bonchev–Trinajstić information content (AvgIpc) is 3.41. The number of benzene rings is 4. The van der Waals surface area contributed by atoms with Gasteiger partial charge in [-0.2, -0.15) is 0 Å². The van der Waals surface area contributed by atoms with Crippen molar-refractivity contribution in [2.45, 2.75) is 32.1 Å². The van der Waals surface area contributed by atoms with Gasteiger partial charge in [-0.15, -0.1) is 0 Å². The van der Waals surface area contributed by atoms with Gasteiger partial charge in [-0.3, -0.25) is 14.3 Å². The summed E-state index contributed by atoms with van der Waals surface area (Å²) in [5, 5.41) is 2.82. The lowest BCUT2D eigenvalue weighted by Crippen LogP contribution is -2.29. The van der Waals surface area contributed by atoms with Gasteiger partial charge in [0.1, 0.15) is 11.5 Å². The Kier molecular flexibility index (Phi) is 8.40. The van der Waals surface area contributed by atoms with E-state index < -0.39 is 15.9 Å². The molecule has 43 heavy (non-hydrogen) atoms. The van der Waals surface area contributed by atoms with E-state index in [1.807, 2.05) is 26.0 Å². The van der Waals surface area contributed by atoms with Crippen molar-refractivity contribution in [3.63, 3.8) is 0 Å². The second-order valence-corrected chi connectivity index (χ2v) is 12.1. The Balaban J connectivity index is 1.21. The summed E-state index contributed by atoms with van der Waals surface area (Å²) in [6, 6.07) is 22.3. The number of fused-ring (bicyclic) bond motifs is 1. The molecule has 10 heteroatoms. The van der Waals surface area contributed by atoms with E-state index in [4.69, 9.17) is 9.47 Å². The molecule has 5 rings (SSSR count). The summed E-state index contributed by atoms with van der Waals surface area (Å²) in [4.78, 5) is 27.7. The summed E-state index contributed by atoms with van der Waals surface area (Å²) < 4.78 is 39.4. The molecule has 0 saturated carbocycles. The zero-order chi connectivity index (χ0) is 30.7. The van der Waals surface area contributed by atoms with Crippen LogP contribution in [0.2, 0.25) is 0 Å². The fourth-order valence-corrected chi connectivity index (χ4v) is 6.00. The Morgan fingerprint density at radius 1 is 0.837 bits per heavy atom. The number of rotatable bonds is 9. The Hall–Kier alpha value is -4.83. The summed E-state index contributed by atoms with van der Waals surface area (Å²) in [6.07, 6.45) is 0.722. The first-order valence-corrected chi connectivity index (χ1v) is 15.2. The predicted octanol–water partition coefficient (Wildman–Crippen LogP) is 5.64. The van der Waals surface area contributed by atoms with Crippen LogP contribution >= 0.6 is 0 Å². The molecule has 4 aromatic carbocycles. The van der Waals surface area contributed by atoms with Gasteiger partial charge in [-0.25, -0.2) is 8.42 Å². The van der Waals surface area contributed by atoms with Gasteiger partial charge < -0.3 is 19.7 Å². The average molecular weight is 600 g/mol. The summed E-state index contributed by atoms with van der Waals surface area (Å²) >= 11 is 0. The van der Waals surface area contributed by atoms with Gasteiger partial charge in [0.25, 0.3) is 21.8 Å². The molecular formula is C33H33N3O6S. The molecule has 1 aliphatic heterocycles. The molecule has 1 heterocycles. The number of carbonyl (C=O) groups excluding carboxylic acids is 2. The number of nitrogens with one attached hydrogen (secondary N) is 2. The van der Waals surface area contributed by atoms with Gasteiger partial charge >= 0.3 is 0 Å². The van der Waals surface area contributed by atoms with Gasteiger partial charge in [0.15, 0.2) is 6.61 Å². The van der Waals surface area contributed by atoms with Crippen molar-refractivity contribution in [2.24, 2.45) is 0 Å². The molecule has 0 atom stereocenters. The minimum atomic E-state index is -3.81. The molecule has 0 radical (unpaired) electrons. The zero-order valence-corrected chi connectivity index (χ0v) is 25.2. The Morgan fingerprint density at radius 2 is 1.58 bits per heavy atom. The minimum absolute atomic E-state index is 0.0897. The third kappa shape index (κ3) is 6.65. The molecule has 4 aromatic rings. The van der Waals surface area contributed by atoms with E-state index in [0.29, 0.717) is 40.5 Å². The SMILES string of the molecule is COc1ccc(C(=O)N2CCc3ccc(NC(=O)COc4ccc(S(=O)(=O)Nc5ccc(C)c(C)c5)cc4C)cc32)cc1.